The average Bonchev–Trinajstić information content (AvgIpc) is 2.63. The summed E-state index contributed by atoms with van der Waals surface area (Å²) in [7, 11) is 1.24. The lowest BCUT2D eigenvalue weighted by atomic mass is 9.80. The van der Waals surface area contributed by atoms with E-state index in [4.69, 9.17) is 14.2 Å². The van der Waals surface area contributed by atoms with Gasteiger partial charge >= 0.3 is 5.97 Å². The van der Waals surface area contributed by atoms with Gasteiger partial charge < -0.3 is 45.1 Å². The number of carbonyl (C=O) groups excluding carboxylic acids is 1. The van der Waals surface area contributed by atoms with E-state index in [1.54, 1.807) is 6.92 Å². The van der Waals surface area contributed by atoms with E-state index in [1.165, 1.54) is 14.0 Å². The zero-order valence-electron chi connectivity index (χ0n) is 16.0. The molecule has 1 heterocycles. The Morgan fingerprint density at radius 2 is 1.79 bits per heavy atom. The van der Waals surface area contributed by atoms with Crippen LogP contribution in [0.5, 0.6) is 0 Å². The Morgan fingerprint density at radius 3 is 2.29 bits per heavy atom. The number of hydrogen-bond donors (Lipinski definition) is 6. The molecule has 0 radical (unpaired) electrons. The Labute approximate surface area is 162 Å². The number of aliphatic hydroxyl groups is 4. The van der Waals surface area contributed by atoms with Crippen LogP contribution in [0, 0.1) is 5.92 Å². The summed E-state index contributed by atoms with van der Waals surface area (Å²) >= 11 is 0. The highest BCUT2D eigenvalue weighted by Gasteiger charge is 2.51. The third kappa shape index (κ3) is 4.62. The van der Waals surface area contributed by atoms with Gasteiger partial charge in [0, 0.05) is 14.0 Å². The van der Waals surface area contributed by atoms with E-state index >= 15 is 0 Å². The quantitative estimate of drug-likeness (QED) is 0.270. The highest BCUT2D eigenvalue weighted by Crippen LogP contribution is 2.33. The molecule has 1 saturated heterocycles. The number of methoxy groups -OCH3 is 1. The van der Waals surface area contributed by atoms with Crippen molar-refractivity contribution in [2.24, 2.45) is 5.92 Å². The molecule has 0 aromatic heterocycles. The molecule has 0 aromatic carbocycles. The maximum absolute atomic E-state index is 11.6. The number of nitrogens with one attached hydrogen (secondary N) is 1. The van der Waals surface area contributed by atoms with Crippen LogP contribution in [0.1, 0.15) is 20.3 Å². The maximum atomic E-state index is 11.6. The lowest BCUT2D eigenvalue weighted by Gasteiger charge is -2.47. The molecule has 2 aliphatic rings. The molecule has 1 aliphatic heterocycles. The number of hydrogen-bond acceptors (Lipinski definition) is 9. The van der Waals surface area contributed by atoms with Gasteiger partial charge in [-0.15, -0.1) is 0 Å². The van der Waals surface area contributed by atoms with Gasteiger partial charge in [0.2, 0.25) is 5.91 Å². The minimum atomic E-state index is -1.52. The third-order valence-corrected chi connectivity index (χ3v) is 5.39. The zero-order valence-corrected chi connectivity index (χ0v) is 16.0. The Hall–Kier alpha value is -1.34. The van der Waals surface area contributed by atoms with Crippen molar-refractivity contribution in [1.82, 2.24) is 5.32 Å². The van der Waals surface area contributed by atoms with Crippen molar-refractivity contribution < 1.29 is 49.3 Å². The molecule has 1 aliphatic carbocycles. The van der Waals surface area contributed by atoms with Crippen LogP contribution >= 0.6 is 0 Å². The monoisotopic (exact) mass is 407 g/mol. The topological polar surface area (TPSA) is 175 Å². The fourth-order valence-corrected chi connectivity index (χ4v) is 3.94. The Kier molecular flexibility index (Phi) is 7.73. The number of carbonyl (C=O) groups is 2. The van der Waals surface area contributed by atoms with Gasteiger partial charge in [-0.05, 0) is 13.3 Å². The van der Waals surface area contributed by atoms with Crippen LogP contribution < -0.4 is 5.32 Å². The summed E-state index contributed by atoms with van der Waals surface area (Å²) in [6.45, 7) is 2.40. The fraction of sp³-hybridized carbons (Fsp3) is 0.882. The second kappa shape index (κ2) is 9.44. The summed E-state index contributed by atoms with van der Waals surface area (Å²) in [5.41, 5.74) is 0. The number of aliphatic hydroxyl groups excluding tert-OH is 4. The number of carboxylic acid groups (broad SMARTS) is 1. The summed E-state index contributed by atoms with van der Waals surface area (Å²) < 4.78 is 16.4. The third-order valence-electron chi connectivity index (χ3n) is 5.39. The van der Waals surface area contributed by atoms with Crippen LogP contribution in [0.3, 0.4) is 0 Å². The van der Waals surface area contributed by atoms with E-state index in [0.29, 0.717) is 0 Å². The second-order valence-electron chi connectivity index (χ2n) is 7.28. The van der Waals surface area contributed by atoms with Crippen molar-refractivity contribution in [3.05, 3.63) is 0 Å². The van der Waals surface area contributed by atoms with Crippen molar-refractivity contribution >= 4 is 11.9 Å². The first-order chi connectivity index (χ1) is 13.1. The summed E-state index contributed by atoms with van der Waals surface area (Å²) in [6.07, 6.45) is -9.54. The van der Waals surface area contributed by atoms with Crippen LogP contribution in [0.2, 0.25) is 0 Å². The number of aliphatic carboxylic acids is 1. The summed E-state index contributed by atoms with van der Waals surface area (Å²) in [5.74, 6) is -2.77. The van der Waals surface area contributed by atoms with Gasteiger partial charge in [0.1, 0.15) is 30.5 Å². The van der Waals surface area contributed by atoms with Gasteiger partial charge in [-0.1, -0.05) is 0 Å². The molecule has 1 amide bonds. The molecule has 2 rings (SSSR count). The van der Waals surface area contributed by atoms with Gasteiger partial charge in [0.15, 0.2) is 0 Å². The number of rotatable bonds is 6. The predicted octanol–water partition coefficient (Wildman–Crippen LogP) is -2.77. The van der Waals surface area contributed by atoms with E-state index in [9.17, 15) is 35.1 Å². The number of carboxylic acids is 1. The summed E-state index contributed by atoms with van der Waals surface area (Å²) in [5, 5.41) is 52.7. The average molecular weight is 407 g/mol. The molecular weight excluding hydrogens is 378 g/mol. The van der Waals surface area contributed by atoms with E-state index in [0.717, 1.165) is 0 Å². The Bertz CT molecular complexity index is 560. The molecular formula is C17H29NO10. The van der Waals surface area contributed by atoms with E-state index < -0.39 is 79.3 Å². The van der Waals surface area contributed by atoms with Gasteiger partial charge in [-0.25, -0.2) is 0 Å². The minimum Gasteiger partial charge on any atom is -0.481 e. The molecule has 0 spiro atoms. The highest BCUT2D eigenvalue weighted by atomic mass is 16.6. The van der Waals surface area contributed by atoms with Crippen molar-refractivity contribution in [1.29, 1.82) is 0 Å². The SMILES string of the molecule is CO[C@@H]1C(C(=O)O)C[C@@H](O[C@@H]2C(NC(C)=O)[C@@H](C)OC(CO)[C@H]2O)C(O)[C@H]1O. The normalized spacial score (nSPS) is 44.1. The molecule has 11 heteroatoms. The molecule has 0 aromatic rings. The second-order valence-corrected chi connectivity index (χ2v) is 7.28. The maximum Gasteiger partial charge on any atom is 0.309 e. The van der Waals surface area contributed by atoms with Crippen LogP contribution in [0.15, 0.2) is 0 Å². The molecule has 11 nitrogen and oxygen atoms in total. The Balaban J connectivity index is 2.26. The zero-order chi connectivity index (χ0) is 21.2. The molecule has 28 heavy (non-hydrogen) atoms. The standard InChI is InChI=1S/C17H29NO10/c1-6-11(18-7(2)20)16(13(22)10(5-19)27-6)28-9-4-8(17(24)25)15(26-3)14(23)12(9)21/h6,8-16,19,21-23H,4-5H2,1-3H3,(H,18,20)(H,24,25)/t6-,8?,9-,10?,11?,12?,13-,14-,15-,16-/m1/s1. The predicted molar refractivity (Wildman–Crippen MR) is 92.2 cm³/mol. The van der Waals surface area contributed by atoms with Crippen molar-refractivity contribution in [2.45, 2.75) is 75.1 Å². The minimum absolute atomic E-state index is 0.179. The van der Waals surface area contributed by atoms with Gasteiger partial charge in [0.25, 0.3) is 0 Å². The molecule has 4 unspecified atom stereocenters. The largest absolute Gasteiger partial charge is 0.481 e. The lowest BCUT2D eigenvalue weighted by Crippen LogP contribution is -2.66. The van der Waals surface area contributed by atoms with Crippen molar-refractivity contribution in [3.63, 3.8) is 0 Å². The lowest BCUT2D eigenvalue weighted by molar-refractivity contribution is -0.247. The Morgan fingerprint density at radius 1 is 1.14 bits per heavy atom. The smallest absolute Gasteiger partial charge is 0.309 e. The first kappa shape index (κ1) is 22.9. The van der Waals surface area contributed by atoms with Crippen LogP contribution in [-0.4, -0.2) is 106 Å². The van der Waals surface area contributed by atoms with Gasteiger partial charge in [-0.2, -0.15) is 0 Å². The first-order valence-electron chi connectivity index (χ1n) is 9.11. The summed E-state index contributed by atoms with van der Waals surface area (Å²) in [6, 6.07) is -0.817. The molecule has 0 bridgehead atoms. The molecule has 10 atom stereocenters. The van der Waals surface area contributed by atoms with E-state index in [2.05, 4.69) is 5.32 Å². The fourth-order valence-electron chi connectivity index (χ4n) is 3.94. The van der Waals surface area contributed by atoms with Gasteiger partial charge in [-0.3, -0.25) is 9.59 Å². The van der Waals surface area contributed by atoms with E-state index in [-0.39, 0.29) is 6.42 Å². The highest BCUT2D eigenvalue weighted by molar-refractivity contribution is 5.73. The molecule has 2 fully saturated rings. The number of amides is 1. The summed E-state index contributed by atoms with van der Waals surface area (Å²) in [4.78, 5) is 23.1. The molecule has 162 valence electrons. The van der Waals surface area contributed by atoms with Crippen LogP contribution in [0.4, 0.5) is 0 Å². The van der Waals surface area contributed by atoms with Crippen molar-refractivity contribution in [3.8, 4) is 0 Å². The van der Waals surface area contributed by atoms with Crippen molar-refractivity contribution in [2.75, 3.05) is 13.7 Å². The molecule has 1 saturated carbocycles. The molecule has 6 N–H and O–H groups in total. The van der Waals surface area contributed by atoms with Crippen LogP contribution in [0.25, 0.3) is 0 Å². The van der Waals surface area contributed by atoms with E-state index in [1.807, 2.05) is 0 Å². The first-order valence-corrected chi connectivity index (χ1v) is 9.11. The van der Waals surface area contributed by atoms with Crippen LogP contribution in [-0.2, 0) is 23.8 Å². The number of ether oxygens (including phenoxy) is 3. The van der Waals surface area contributed by atoms with Gasteiger partial charge in [0.05, 0.1) is 36.9 Å².